The first-order chi connectivity index (χ1) is 10.4. The molecule has 0 aliphatic carbocycles. The molecule has 0 unspecified atom stereocenters. The van der Waals surface area contributed by atoms with Gasteiger partial charge in [0.05, 0.1) is 24.2 Å². The van der Waals surface area contributed by atoms with Crippen molar-refractivity contribution in [3.05, 3.63) is 56.3 Å². The number of carbonyl (C=O) groups excluding carboxylic acids is 1. The lowest BCUT2D eigenvalue weighted by Gasteiger charge is -2.06. The minimum atomic E-state index is -0.846. The zero-order chi connectivity index (χ0) is 16.3. The molecule has 0 spiro atoms. The van der Waals surface area contributed by atoms with Crippen molar-refractivity contribution in [3.8, 4) is 5.75 Å². The van der Waals surface area contributed by atoms with E-state index in [-0.39, 0.29) is 22.9 Å². The summed E-state index contributed by atoms with van der Waals surface area (Å²) in [4.78, 5) is 31.9. The normalized spacial score (nSPS) is 10.0. The van der Waals surface area contributed by atoms with Crippen molar-refractivity contribution in [3.63, 3.8) is 0 Å². The van der Waals surface area contributed by atoms with Crippen molar-refractivity contribution in [2.45, 2.75) is 0 Å². The number of nitro benzene ring substituents is 1. The third kappa shape index (κ3) is 3.00. The van der Waals surface area contributed by atoms with Crippen LogP contribution in [0.4, 0.5) is 17.3 Å². The van der Waals surface area contributed by atoms with Gasteiger partial charge in [0.1, 0.15) is 16.4 Å². The van der Waals surface area contributed by atoms with E-state index in [1.54, 1.807) is 0 Å². The highest BCUT2D eigenvalue weighted by molar-refractivity contribution is 6.03. The van der Waals surface area contributed by atoms with E-state index in [1.165, 1.54) is 19.2 Å². The van der Waals surface area contributed by atoms with Gasteiger partial charge in [-0.2, -0.15) is 0 Å². The Morgan fingerprint density at radius 2 is 1.91 bits per heavy atom. The predicted octanol–water partition coefficient (Wildman–Crippen LogP) is 2.36. The topological polar surface area (TPSA) is 138 Å². The number of hydrogen-bond acceptors (Lipinski definition) is 7. The molecule has 2 aromatic rings. The van der Waals surface area contributed by atoms with Crippen molar-refractivity contribution in [1.29, 1.82) is 0 Å². The van der Waals surface area contributed by atoms with Gasteiger partial charge < -0.3 is 14.5 Å². The van der Waals surface area contributed by atoms with Gasteiger partial charge in [0.15, 0.2) is 5.76 Å². The van der Waals surface area contributed by atoms with Crippen LogP contribution in [-0.4, -0.2) is 22.9 Å². The summed E-state index contributed by atoms with van der Waals surface area (Å²) < 4.78 is 9.59. The Kier molecular flexibility index (Phi) is 4.02. The Morgan fingerprint density at radius 1 is 1.18 bits per heavy atom. The SMILES string of the molecule is COc1ccc(NC(=O)c2ccc([N+](=O)[O-])o2)c([N+](=O)[O-])c1. The highest BCUT2D eigenvalue weighted by Gasteiger charge is 2.21. The zero-order valence-electron chi connectivity index (χ0n) is 11.1. The number of benzene rings is 1. The zero-order valence-corrected chi connectivity index (χ0v) is 11.1. The summed E-state index contributed by atoms with van der Waals surface area (Å²) in [6, 6.07) is 5.96. The molecule has 0 atom stereocenters. The predicted molar refractivity (Wildman–Crippen MR) is 73.0 cm³/mol. The molecular weight excluding hydrogens is 298 g/mol. The summed E-state index contributed by atoms with van der Waals surface area (Å²) in [6.45, 7) is 0. The van der Waals surface area contributed by atoms with Crippen molar-refractivity contribution in [1.82, 2.24) is 0 Å². The molecule has 0 saturated heterocycles. The van der Waals surface area contributed by atoms with Gasteiger partial charge in [-0.1, -0.05) is 0 Å². The Bertz CT molecular complexity index is 753. The van der Waals surface area contributed by atoms with Gasteiger partial charge >= 0.3 is 5.88 Å². The largest absolute Gasteiger partial charge is 0.496 e. The average Bonchev–Trinajstić information content (AvgIpc) is 2.97. The Hall–Kier alpha value is -3.43. The summed E-state index contributed by atoms with van der Waals surface area (Å²) in [7, 11) is 1.35. The lowest BCUT2D eigenvalue weighted by molar-refractivity contribution is -0.402. The molecule has 0 aliphatic heterocycles. The molecule has 22 heavy (non-hydrogen) atoms. The number of amides is 1. The number of furan rings is 1. The third-order valence-electron chi connectivity index (χ3n) is 2.65. The molecule has 1 aromatic heterocycles. The highest BCUT2D eigenvalue weighted by atomic mass is 16.6. The molecule has 0 radical (unpaired) electrons. The van der Waals surface area contributed by atoms with Crippen molar-refractivity contribution in [2.24, 2.45) is 0 Å². The van der Waals surface area contributed by atoms with Gasteiger partial charge in [-0.15, -0.1) is 0 Å². The second kappa shape index (κ2) is 5.91. The average molecular weight is 307 g/mol. The number of hydrogen-bond donors (Lipinski definition) is 1. The lowest BCUT2D eigenvalue weighted by atomic mass is 10.2. The summed E-state index contributed by atoms with van der Waals surface area (Å²) in [5, 5.41) is 23.7. The maximum absolute atomic E-state index is 11.9. The fourth-order valence-electron chi connectivity index (χ4n) is 1.63. The molecule has 0 aliphatic rings. The minimum Gasteiger partial charge on any atom is -0.496 e. The van der Waals surface area contributed by atoms with Crippen LogP contribution in [0.1, 0.15) is 10.6 Å². The van der Waals surface area contributed by atoms with E-state index in [0.717, 1.165) is 18.2 Å². The molecule has 0 bridgehead atoms. The number of nitro groups is 2. The highest BCUT2D eigenvalue weighted by Crippen LogP contribution is 2.29. The van der Waals surface area contributed by atoms with E-state index < -0.39 is 21.6 Å². The third-order valence-corrected chi connectivity index (χ3v) is 2.65. The smallest absolute Gasteiger partial charge is 0.433 e. The molecule has 10 nitrogen and oxygen atoms in total. The number of ether oxygens (including phenoxy) is 1. The van der Waals surface area contributed by atoms with E-state index in [4.69, 9.17) is 9.15 Å². The Balaban J connectivity index is 2.27. The maximum atomic E-state index is 11.9. The first kappa shape index (κ1) is 15.0. The summed E-state index contributed by atoms with van der Waals surface area (Å²) >= 11 is 0. The first-order valence-electron chi connectivity index (χ1n) is 5.80. The monoisotopic (exact) mass is 307 g/mol. The fraction of sp³-hybridized carbons (Fsp3) is 0.0833. The standard InChI is InChI=1S/C12H9N3O7/c1-21-7-2-3-8(9(6-7)14(17)18)13-12(16)10-4-5-11(22-10)15(19)20/h2-6H,1H3,(H,13,16). The van der Waals surface area contributed by atoms with Crippen LogP contribution in [0.15, 0.2) is 34.7 Å². The van der Waals surface area contributed by atoms with Crippen LogP contribution in [0.5, 0.6) is 5.75 Å². The van der Waals surface area contributed by atoms with E-state index in [0.29, 0.717) is 0 Å². The first-order valence-corrected chi connectivity index (χ1v) is 5.80. The molecule has 1 amide bonds. The van der Waals surface area contributed by atoms with Gasteiger partial charge in [0.25, 0.3) is 11.6 Å². The molecular formula is C12H9N3O7. The van der Waals surface area contributed by atoms with E-state index in [2.05, 4.69) is 5.32 Å². The van der Waals surface area contributed by atoms with Gasteiger partial charge in [-0.25, -0.2) is 0 Å². The molecule has 114 valence electrons. The molecule has 1 aromatic carbocycles. The number of methoxy groups -OCH3 is 1. The number of nitrogens with one attached hydrogen (secondary N) is 1. The molecule has 1 heterocycles. The second-order valence-electron chi connectivity index (χ2n) is 3.99. The van der Waals surface area contributed by atoms with Crippen LogP contribution in [-0.2, 0) is 0 Å². The van der Waals surface area contributed by atoms with Crippen molar-refractivity contribution < 1.29 is 23.8 Å². The maximum Gasteiger partial charge on any atom is 0.433 e. The van der Waals surface area contributed by atoms with Gasteiger partial charge in [-0.05, 0) is 18.2 Å². The number of nitrogens with zero attached hydrogens (tertiary/aromatic N) is 2. The van der Waals surface area contributed by atoms with E-state index >= 15 is 0 Å². The molecule has 0 saturated carbocycles. The van der Waals surface area contributed by atoms with Crippen LogP contribution in [0, 0.1) is 20.2 Å². The number of rotatable bonds is 5. The van der Waals surface area contributed by atoms with Crippen LogP contribution >= 0.6 is 0 Å². The van der Waals surface area contributed by atoms with Crippen molar-refractivity contribution in [2.75, 3.05) is 12.4 Å². The van der Waals surface area contributed by atoms with Crippen LogP contribution in [0.3, 0.4) is 0 Å². The Morgan fingerprint density at radius 3 is 2.45 bits per heavy atom. The minimum absolute atomic E-state index is 0.0881. The van der Waals surface area contributed by atoms with Crippen LogP contribution in [0.25, 0.3) is 0 Å². The molecule has 2 rings (SSSR count). The number of carbonyl (C=O) groups is 1. The number of anilines is 1. The molecule has 0 fully saturated rings. The molecule has 1 N–H and O–H groups in total. The summed E-state index contributed by atoms with van der Waals surface area (Å²) in [5.41, 5.74) is -0.469. The second-order valence-corrected chi connectivity index (χ2v) is 3.99. The molecule has 10 heteroatoms. The Labute approximate surface area is 122 Å². The van der Waals surface area contributed by atoms with E-state index in [1.807, 2.05) is 0 Å². The summed E-state index contributed by atoms with van der Waals surface area (Å²) in [6.07, 6.45) is 0. The van der Waals surface area contributed by atoms with Gasteiger partial charge in [0.2, 0.25) is 0 Å². The van der Waals surface area contributed by atoms with E-state index in [9.17, 15) is 25.0 Å². The van der Waals surface area contributed by atoms with Gasteiger partial charge in [0, 0.05) is 0 Å². The fourth-order valence-corrected chi connectivity index (χ4v) is 1.63. The van der Waals surface area contributed by atoms with Crippen molar-refractivity contribution >= 4 is 23.2 Å². The summed E-state index contributed by atoms with van der Waals surface area (Å²) in [5.74, 6) is -1.54. The van der Waals surface area contributed by atoms with Crippen LogP contribution in [0.2, 0.25) is 0 Å². The lowest BCUT2D eigenvalue weighted by Crippen LogP contribution is -2.12. The van der Waals surface area contributed by atoms with Crippen LogP contribution < -0.4 is 10.1 Å². The quantitative estimate of drug-likeness (QED) is 0.660. The van der Waals surface area contributed by atoms with Gasteiger partial charge in [-0.3, -0.25) is 25.0 Å².